The van der Waals surface area contributed by atoms with Crippen molar-refractivity contribution in [1.82, 2.24) is 19.7 Å². The molecule has 0 aliphatic heterocycles. The van der Waals surface area contributed by atoms with E-state index in [0.29, 0.717) is 22.8 Å². The zero-order chi connectivity index (χ0) is 25.2. The predicted octanol–water partition coefficient (Wildman–Crippen LogP) is 3.48. The normalized spacial score (nSPS) is 13.7. The number of nitrogens with zero attached hydrogens (tertiary/aromatic N) is 5. The van der Waals surface area contributed by atoms with Gasteiger partial charge >= 0.3 is 0 Å². The third-order valence-corrected chi connectivity index (χ3v) is 6.44. The molecule has 1 unspecified atom stereocenters. The molecule has 180 valence electrons. The average molecular weight is 480 g/mol. The monoisotopic (exact) mass is 479 g/mol. The molecule has 5 rings (SSSR count). The number of hydrogen-bond donors (Lipinski definition) is 2. The quantitative estimate of drug-likeness (QED) is 0.419. The lowest BCUT2D eigenvalue weighted by Gasteiger charge is -2.17. The van der Waals surface area contributed by atoms with E-state index in [0.717, 1.165) is 29.8 Å². The molecule has 1 aliphatic rings. The second kappa shape index (κ2) is 9.60. The Balaban J connectivity index is 1.36. The van der Waals surface area contributed by atoms with E-state index in [9.17, 15) is 9.59 Å². The minimum absolute atomic E-state index is 0.0248. The molecule has 1 aliphatic carbocycles. The Labute approximate surface area is 208 Å². The largest absolute Gasteiger partial charge is 0.325 e. The number of likely N-dealkylation sites (N-methyl/N-ethyl adjacent to an activating group) is 1. The van der Waals surface area contributed by atoms with Crippen LogP contribution in [0.15, 0.2) is 67.1 Å². The number of aromatic nitrogens is 3. The highest BCUT2D eigenvalue weighted by atomic mass is 16.2. The fraction of sp³-hybridized carbons (Fsp3) is 0.222. The van der Waals surface area contributed by atoms with Gasteiger partial charge in [0.1, 0.15) is 5.69 Å². The fourth-order valence-electron chi connectivity index (χ4n) is 4.22. The highest BCUT2D eigenvalue weighted by Crippen LogP contribution is 2.33. The van der Waals surface area contributed by atoms with Crippen LogP contribution in [0.3, 0.4) is 0 Å². The van der Waals surface area contributed by atoms with Crippen molar-refractivity contribution in [2.24, 2.45) is 5.92 Å². The first kappa shape index (κ1) is 23.2. The van der Waals surface area contributed by atoms with Crippen molar-refractivity contribution < 1.29 is 9.59 Å². The van der Waals surface area contributed by atoms with Crippen LogP contribution in [-0.4, -0.2) is 46.3 Å². The number of nitrogens with one attached hydrogen (secondary N) is 2. The maximum absolute atomic E-state index is 13.1. The summed E-state index contributed by atoms with van der Waals surface area (Å²) in [5.74, 6) is 0.103. The lowest BCUT2D eigenvalue weighted by molar-refractivity contribution is -0.118. The first-order valence-electron chi connectivity index (χ1n) is 11.7. The SMILES string of the molecule is CNC(C(=O)Nc1ccc(-c2cnc3cnc(C(=O)N(C)c4ccc(C#N)cc4)cn23)cc1)C1CC1. The topological polar surface area (TPSA) is 115 Å². The molecule has 2 aromatic carbocycles. The molecule has 2 amide bonds. The van der Waals surface area contributed by atoms with Crippen LogP contribution in [-0.2, 0) is 4.79 Å². The van der Waals surface area contributed by atoms with Gasteiger partial charge in [-0.1, -0.05) is 12.1 Å². The number of imidazole rings is 1. The van der Waals surface area contributed by atoms with Crippen molar-refractivity contribution >= 4 is 28.8 Å². The average Bonchev–Trinajstić information content (AvgIpc) is 3.66. The van der Waals surface area contributed by atoms with Crippen molar-refractivity contribution in [3.05, 3.63) is 78.4 Å². The van der Waals surface area contributed by atoms with E-state index in [1.807, 2.05) is 35.7 Å². The van der Waals surface area contributed by atoms with E-state index in [-0.39, 0.29) is 23.6 Å². The number of amides is 2. The molecular weight excluding hydrogens is 454 g/mol. The van der Waals surface area contributed by atoms with E-state index in [1.165, 1.54) is 4.90 Å². The Morgan fingerprint density at radius 1 is 1.08 bits per heavy atom. The molecule has 36 heavy (non-hydrogen) atoms. The molecule has 9 heteroatoms. The van der Waals surface area contributed by atoms with E-state index < -0.39 is 0 Å². The van der Waals surface area contributed by atoms with Crippen molar-refractivity contribution in [1.29, 1.82) is 5.26 Å². The van der Waals surface area contributed by atoms with Gasteiger partial charge in [-0.2, -0.15) is 5.26 Å². The Morgan fingerprint density at radius 3 is 2.44 bits per heavy atom. The fourth-order valence-corrected chi connectivity index (χ4v) is 4.22. The highest BCUT2D eigenvalue weighted by molar-refractivity contribution is 6.04. The molecule has 0 spiro atoms. The van der Waals surface area contributed by atoms with E-state index in [4.69, 9.17) is 5.26 Å². The summed E-state index contributed by atoms with van der Waals surface area (Å²) >= 11 is 0. The first-order chi connectivity index (χ1) is 17.5. The van der Waals surface area contributed by atoms with Gasteiger partial charge in [0.2, 0.25) is 5.91 Å². The van der Waals surface area contributed by atoms with Gasteiger partial charge in [-0.3, -0.25) is 14.0 Å². The van der Waals surface area contributed by atoms with Crippen molar-refractivity contribution in [3.8, 4) is 17.3 Å². The van der Waals surface area contributed by atoms with Crippen LogP contribution in [0.25, 0.3) is 16.9 Å². The van der Waals surface area contributed by atoms with Crippen LogP contribution in [0.2, 0.25) is 0 Å². The Hall–Kier alpha value is -4.55. The van der Waals surface area contributed by atoms with E-state index >= 15 is 0 Å². The molecule has 0 saturated heterocycles. The van der Waals surface area contributed by atoms with Gasteiger partial charge in [0, 0.05) is 30.2 Å². The molecule has 9 nitrogen and oxygen atoms in total. The second-order valence-corrected chi connectivity index (χ2v) is 8.84. The predicted molar refractivity (Wildman–Crippen MR) is 137 cm³/mol. The number of fused-ring (bicyclic) bond motifs is 1. The molecule has 2 heterocycles. The van der Waals surface area contributed by atoms with Gasteiger partial charge in [-0.05, 0) is 62.2 Å². The summed E-state index contributed by atoms with van der Waals surface area (Å²) in [4.78, 5) is 35.9. The molecule has 0 radical (unpaired) electrons. The van der Waals surface area contributed by atoms with Crippen LogP contribution in [0.1, 0.15) is 28.9 Å². The number of rotatable bonds is 7. The zero-order valence-corrected chi connectivity index (χ0v) is 20.0. The van der Waals surface area contributed by atoms with Crippen LogP contribution >= 0.6 is 0 Å². The number of carbonyl (C=O) groups excluding carboxylic acids is 2. The first-order valence-corrected chi connectivity index (χ1v) is 11.7. The van der Waals surface area contributed by atoms with Crippen LogP contribution in [0.4, 0.5) is 11.4 Å². The van der Waals surface area contributed by atoms with Gasteiger partial charge in [-0.15, -0.1) is 0 Å². The van der Waals surface area contributed by atoms with E-state index in [2.05, 4.69) is 26.7 Å². The lowest BCUT2D eigenvalue weighted by Crippen LogP contribution is -2.40. The Morgan fingerprint density at radius 2 is 1.81 bits per heavy atom. The summed E-state index contributed by atoms with van der Waals surface area (Å²) in [6, 6.07) is 16.2. The lowest BCUT2D eigenvalue weighted by atomic mass is 10.1. The number of carbonyl (C=O) groups is 2. The maximum Gasteiger partial charge on any atom is 0.278 e. The molecule has 1 fully saturated rings. The smallest absolute Gasteiger partial charge is 0.278 e. The number of hydrogen-bond acceptors (Lipinski definition) is 6. The van der Waals surface area contributed by atoms with Gasteiger partial charge in [0.15, 0.2) is 5.65 Å². The van der Waals surface area contributed by atoms with Crippen LogP contribution in [0.5, 0.6) is 0 Å². The van der Waals surface area contributed by atoms with Gasteiger partial charge in [-0.25, -0.2) is 9.97 Å². The standard InChI is InChI=1S/C27H25N7O2/c1-29-25(19-5-6-19)26(35)32-20-9-7-18(8-10-20)23-14-31-24-15-30-22(16-34(23)24)27(36)33(2)21-11-3-17(13-28)4-12-21/h3-4,7-12,14-16,19,25,29H,5-6H2,1-2H3,(H,32,35). The Bertz CT molecular complexity index is 1470. The minimum Gasteiger partial charge on any atom is -0.325 e. The molecule has 1 saturated carbocycles. The van der Waals surface area contributed by atoms with Crippen molar-refractivity contribution in [2.45, 2.75) is 18.9 Å². The van der Waals surface area contributed by atoms with Gasteiger partial charge in [0.05, 0.1) is 35.8 Å². The molecule has 1 atom stereocenters. The summed E-state index contributed by atoms with van der Waals surface area (Å²) in [5.41, 5.74) is 4.46. The van der Waals surface area contributed by atoms with Gasteiger partial charge in [0.25, 0.3) is 5.91 Å². The van der Waals surface area contributed by atoms with Crippen LogP contribution < -0.4 is 15.5 Å². The van der Waals surface area contributed by atoms with Crippen molar-refractivity contribution in [3.63, 3.8) is 0 Å². The maximum atomic E-state index is 13.1. The summed E-state index contributed by atoms with van der Waals surface area (Å²) < 4.78 is 1.82. The third kappa shape index (κ3) is 4.54. The number of benzene rings is 2. The molecule has 2 aromatic heterocycles. The summed E-state index contributed by atoms with van der Waals surface area (Å²) in [7, 11) is 3.48. The van der Waals surface area contributed by atoms with Crippen LogP contribution in [0, 0.1) is 17.2 Å². The zero-order valence-electron chi connectivity index (χ0n) is 20.0. The number of anilines is 2. The second-order valence-electron chi connectivity index (χ2n) is 8.84. The van der Waals surface area contributed by atoms with E-state index in [1.54, 1.807) is 49.9 Å². The summed E-state index contributed by atoms with van der Waals surface area (Å²) in [5, 5.41) is 15.1. The van der Waals surface area contributed by atoms with Crippen molar-refractivity contribution in [2.75, 3.05) is 24.3 Å². The highest BCUT2D eigenvalue weighted by Gasteiger charge is 2.35. The third-order valence-electron chi connectivity index (χ3n) is 6.44. The summed E-state index contributed by atoms with van der Waals surface area (Å²) in [6.07, 6.45) is 7.12. The van der Waals surface area contributed by atoms with Gasteiger partial charge < -0.3 is 15.5 Å². The molecular formula is C27H25N7O2. The summed E-state index contributed by atoms with van der Waals surface area (Å²) in [6.45, 7) is 0. The minimum atomic E-state index is -0.283. The molecule has 0 bridgehead atoms. The molecule has 2 N–H and O–H groups in total. The Kier molecular flexibility index (Phi) is 6.19. The molecule has 4 aromatic rings. The number of nitriles is 1.